The van der Waals surface area contributed by atoms with Crippen LogP contribution in [0.4, 0.5) is 5.69 Å². The molecular formula is C29H23ClN2O2S. The average Bonchev–Trinajstić information content (AvgIpc) is 3.00. The molecule has 0 bridgehead atoms. The van der Waals surface area contributed by atoms with E-state index < -0.39 is 0 Å². The number of amides is 2. The Morgan fingerprint density at radius 1 is 0.914 bits per heavy atom. The Bertz CT molecular complexity index is 1410. The average molecular weight is 499 g/mol. The van der Waals surface area contributed by atoms with Gasteiger partial charge in [0, 0.05) is 20.4 Å². The highest BCUT2D eigenvalue weighted by Crippen LogP contribution is 2.42. The molecule has 6 heteroatoms. The summed E-state index contributed by atoms with van der Waals surface area (Å²) in [5.74, 6) is -0.317. The summed E-state index contributed by atoms with van der Waals surface area (Å²) in [7, 11) is 0. The zero-order chi connectivity index (χ0) is 24.4. The molecule has 1 aliphatic heterocycles. The van der Waals surface area contributed by atoms with Gasteiger partial charge in [0.1, 0.15) is 0 Å². The highest BCUT2D eigenvalue weighted by atomic mass is 35.5. The number of nitrogens with zero attached hydrogens (tertiary/aromatic N) is 1. The van der Waals surface area contributed by atoms with Crippen LogP contribution < -0.4 is 10.2 Å². The maximum absolute atomic E-state index is 13.7. The van der Waals surface area contributed by atoms with Crippen LogP contribution in [-0.2, 0) is 6.54 Å². The second kappa shape index (κ2) is 9.98. The summed E-state index contributed by atoms with van der Waals surface area (Å²) < 4.78 is 0. The summed E-state index contributed by atoms with van der Waals surface area (Å²) in [6.07, 6.45) is 0. The molecule has 35 heavy (non-hydrogen) atoms. The molecule has 1 heterocycles. The minimum Gasteiger partial charge on any atom is -0.346 e. The van der Waals surface area contributed by atoms with Gasteiger partial charge < -0.3 is 10.2 Å². The van der Waals surface area contributed by atoms with Crippen molar-refractivity contribution in [1.29, 1.82) is 0 Å². The molecule has 0 saturated carbocycles. The molecule has 0 saturated heterocycles. The molecule has 2 amide bonds. The molecule has 0 unspecified atom stereocenters. The Hall–Kier alpha value is -3.54. The van der Waals surface area contributed by atoms with E-state index in [4.69, 9.17) is 11.6 Å². The second-order valence-electron chi connectivity index (χ2n) is 8.37. The van der Waals surface area contributed by atoms with Gasteiger partial charge in [0.25, 0.3) is 11.8 Å². The third-order valence-electron chi connectivity index (χ3n) is 6.03. The van der Waals surface area contributed by atoms with Gasteiger partial charge in [0.15, 0.2) is 0 Å². The van der Waals surface area contributed by atoms with Crippen molar-refractivity contribution in [2.75, 3.05) is 4.90 Å². The monoisotopic (exact) mass is 498 g/mol. The molecule has 0 spiro atoms. The third-order valence-corrected chi connectivity index (χ3v) is 7.54. The van der Waals surface area contributed by atoms with Gasteiger partial charge in [-0.05, 0) is 54.4 Å². The number of rotatable bonds is 5. The van der Waals surface area contributed by atoms with E-state index in [9.17, 15) is 9.59 Å². The van der Waals surface area contributed by atoms with E-state index in [0.717, 1.165) is 20.9 Å². The van der Waals surface area contributed by atoms with Crippen LogP contribution in [0.1, 0.15) is 44.8 Å². The third kappa shape index (κ3) is 4.83. The molecule has 0 aromatic heterocycles. The van der Waals surface area contributed by atoms with E-state index in [-0.39, 0.29) is 17.9 Å². The summed E-state index contributed by atoms with van der Waals surface area (Å²) in [5, 5.41) is 3.66. The number of fused-ring (bicyclic) bond motifs is 2. The highest BCUT2D eigenvalue weighted by molar-refractivity contribution is 7.99. The van der Waals surface area contributed by atoms with Gasteiger partial charge in [-0.15, -0.1) is 0 Å². The van der Waals surface area contributed by atoms with E-state index in [0.29, 0.717) is 28.4 Å². The van der Waals surface area contributed by atoms with E-state index in [2.05, 4.69) is 5.32 Å². The van der Waals surface area contributed by atoms with Gasteiger partial charge in [-0.25, -0.2) is 0 Å². The molecule has 0 radical (unpaired) electrons. The van der Waals surface area contributed by atoms with Crippen molar-refractivity contribution in [3.63, 3.8) is 0 Å². The Morgan fingerprint density at radius 2 is 1.63 bits per heavy atom. The predicted molar refractivity (Wildman–Crippen MR) is 141 cm³/mol. The lowest BCUT2D eigenvalue weighted by Gasteiger charge is -2.24. The van der Waals surface area contributed by atoms with Crippen LogP contribution in [0.15, 0.2) is 107 Å². The number of hydrogen-bond acceptors (Lipinski definition) is 3. The summed E-state index contributed by atoms with van der Waals surface area (Å²) >= 11 is 7.98. The fourth-order valence-corrected chi connectivity index (χ4v) is 5.37. The highest BCUT2D eigenvalue weighted by Gasteiger charge is 2.28. The number of anilines is 1. The van der Waals surface area contributed by atoms with Crippen LogP contribution in [0.25, 0.3) is 0 Å². The molecule has 5 rings (SSSR count). The van der Waals surface area contributed by atoms with E-state index in [1.54, 1.807) is 11.0 Å². The lowest BCUT2D eigenvalue weighted by atomic mass is 10.1. The van der Waals surface area contributed by atoms with E-state index >= 15 is 0 Å². The van der Waals surface area contributed by atoms with Gasteiger partial charge in [0.05, 0.1) is 23.8 Å². The van der Waals surface area contributed by atoms with Crippen molar-refractivity contribution in [3.05, 3.63) is 124 Å². The smallest absolute Gasteiger partial charge is 0.259 e. The maximum Gasteiger partial charge on any atom is 0.259 e. The summed E-state index contributed by atoms with van der Waals surface area (Å²) in [6, 6.07) is 30.3. The normalized spacial score (nSPS) is 13.4. The van der Waals surface area contributed by atoms with Crippen molar-refractivity contribution in [3.8, 4) is 0 Å². The van der Waals surface area contributed by atoms with Crippen LogP contribution in [0, 0.1) is 0 Å². The zero-order valence-electron chi connectivity index (χ0n) is 19.1. The first-order chi connectivity index (χ1) is 17.0. The number of carbonyl (C=O) groups excluding carboxylic acids is 2. The van der Waals surface area contributed by atoms with Crippen molar-refractivity contribution in [1.82, 2.24) is 5.32 Å². The van der Waals surface area contributed by atoms with Gasteiger partial charge in [-0.3, -0.25) is 9.59 Å². The largest absolute Gasteiger partial charge is 0.346 e. The molecule has 1 atom stereocenters. The molecular weight excluding hydrogens is 476 g/mol. The van der Waals surface area contributed by atoms with Crippen LogP contribution in [0.5, 0.6) is 0 Å². The quantitative estimate of drug-likeness (QED) is 0.318. The Balaban J connectivity index is 1.53. The number of hydrogen-bond donors (Lipinski definition) is 1. The first-order valence-corrected chi connectivity index (χ1v) is 12.5. The topological polar surface area (TPSA) is 49.4 Å². The van der Waals surface area contributed by atoms with Crippen LogP contribution in [0.3, 0.4) is 0 Å². The van der Waals surface area contributed by atoms with Gasteiger partial charge in [0.2, 0.25) is 0 Å². The van der Waals surface area contributed by atoms with Crippen LogP contribution in [0.2, 0.25) is 5.02 Å². The fraction of sp³-hybridized carbons (Fsp3) is 0.103. The predicted octanol–water partition coefficient (Wildman–Crippen LogP) is 7.14. The number of carbonyl (C=O) groups is 2. The number of nitrogens with one attached hydrogen (secondary N) is 1. The van der Waals surface area contributed by atoms with Gasteiger partial charge in [-0.2, -0.15) is 0 Å². The van der Waals surface area contributed by atoms with Crippen molar-refractivity contribution in [2.45, 2.75) is 29.3 Å². The van der Waals surface area contributed by atoms with Crippen molar-refractivity contribution in [2.24, 2.45) is 0 Å². The second-order valence-corrected chi connectivity index (χ2v) is 9.86. The summed E-state index contributed by atoms with van der Waals surface area (Å²) in [4.78, 5) is 30.4. The lowest BCUT2D eigenvalue weighted by Crippen LogP contribution is -2.31. The molecule has 174 valence electrons. The van der Waals surface area contributed by atoms with Crippen molar-refractivity contribution < 1.29 is 9.59 Å². The van der Waals surface area contributed by atoms with Crippen molar-refractivity contribution >= 4 is 40.9 Å². The first kappa shape index (κ1) is 23.2. The molecule has 4 aromatic carbocycles. The number of benzene rings is 4. The minimum atomic E-state index is -0.193. The molecule has 1 N–H and O–H groups in total. The van der Waals surface area contributed by atoms with Gasteiger partial charge in [-0.1, -0.05) is 84.0 Å². The van der Waals surface area contributed by atoms with Crippen LogP contribution in [-0.4, -0.2) is 11.8 Å². The Labute approximate surface area is 213 Å². The lowest BCUT2D eigenvalue weighted by molar-refractivity contribution is 0.0937. The molecule has 0 fully saturated rings. The molecule has 1 aliphatic rings. The minimum absolute atomic E-state index is 0.123. The summed E-state index contributed by atoms with van der Waals surface area (Å²) in [5.41, 5.74) is 3.68. The van der Waals surface area contributed by atoms with E-state index in [1.165, 1.54) is 11.8 Å². The zero-order valence-corrected chi connectivity index (χ0v) is 20.6. The summed E-state index contributed by atoms with van der Waals surface area (Å²) in [6.45, 7) is 2.25. The molecule has 4 aromatic rings. The SMILES string of the molecule is C[C@@H](NC(=O)c1ccc2c(c1)N(Cc1ccccc1Cl)C(=O)c1ccccc1S2)c1ccccc1. The van der Waals surface area contributed by atoms with Gasteiger partial charge >= 0.3 is 0 Å². The maximum atomic E-state index is 13.7. The Kier molecular flexibility index (Phi) is 6.62. The molecule has 0 aliphatic carbocycles. The number of halogens is 1. The van der Waals surface area contributed by atoms with E-state index in [1.807, 2.05) is 97.9 Å². The fourth-order valence-electron chi connectivity index (χ4n) is 4.12. The molecule has 4 nitrogen and oxygen atoms in total. The Morgan fingerprint density at radius 3 is 2.43 bits per heavy atom. The first-order valence-electron chi connectivity index (χ1n) is 11.3. The van der Waals surface area contributed by atoms with Crippen LogP contribution >= 0.6 is 23.4 Å². The standard InChI is InChI=1S/C29H23ClN2O2S/c1-19(20-9-3-2-4-10-20)31-28(33)21-15-16-27-25(17-21)32(18-22-11-5-7-13-24(22)30)29(34)23-12-6-8-14-26(23)35-27/h2-17,19H,18H2,1H3,(H,31,33)/t19-/m1/s1.